The molecule has 0 aliphatic carbocycles. The van der Waals surface area contributed by atoms with Crippen LogP contribution in [0.2, 0.25) is 0 Å². The molecule has 0 unspecified atom stereocenters. The van der Waals surface area contributed by atoms with Crippen LogP contribution < -0.4 is 4.74 Å². The van der Waals surface area contributed by atoms with Gasteiger partial charge in [0.25, 0.3) is 0 Å². The molecule has 0 fully saturated rings. The maximum absolute atomic E-state index is 13.0. The minimum absolute atomic E-state index is 0.250. The highest BCUT2D eigenvalue weighted by Gasteiger charge is 2.44. The summed E-state index contributed by atoms with van der Waals surface area (Å²) in [6.45, 7) is 0. The van der Waals surface area contributed by atoms with Crippen molar-refractivity contribution in [2.75, 3.05) is 7.11 Å². The van der Waals surface area contributed by atoms with Crippen molar-refractivity contribution in [1.29, 1.82) is 0 Å². The molecule has 1 aromatic rings. The van der Waals surface area contributed by atoms with E-state index in [1.165, 1.54) is 0 Å². The van der Waals surface area contributed by atoms with Crippen LogP contribution in [0.25, 0.3) is 0 Å². The van der Waals surface area contributed by atoms with Gasteiger partial charge in [-0.25, -0.2) is 9.78 Å². The highest BCUT2D eigenvalue weighted by Crippen LogP contribution is 2.41. The Bertz CT molecular complexity index is 543. The molecule has 0 atom stereocenters. The molecule has 118 valence electrons. The zero-order valence-electron chi connectivity index (χ0n) is 10.1. The number of carbonyl (C=O) groups is 1. The molecule has 21 heavy (non-hydrogen) atoms. The van der Waals surface area contributed by atoms with Crippen LogP contribution in [0.4, 0.5) is 26.3 Å². The minimum atomic E-state index is -5.39. The molecule has 1 aromatic heterocycles. The van der Waals surface area contributed by atoms with Gasteiger partial charge in [-0.1, -0.05) is 15.9 Å². The summed E-state index contributed by atoms with van der Waals surface area (Å²) in [5, 5.41) is -0.250. The summed E-state index contributed by atoms with van der Waals surface area (Å²) in [7, 11) is 0.797. The average Bonchev–Trinajstić information content (AvgIpc) is 2.33. The van der Waals surface area contributed by atoms with Crippen molar-refractivity contribution in [2.24, 2.45) is 0 Å². The Morgan fingerprint density at radius 1 is 1.29 bits per heavy atom. The Balaban J connectivity index is 3.65. The molecule has 0 bridgehead atoms. The second-order valence-electron chi connectivity index (χ2n) is 3.51. The van der Waals surface area contributed by atoms with Crippen LogP contribution in [0.1, 0.15) is 21.5 Å². The van der Waals surface area contributed by atoms with Crippen molar-refractivity contribution in [3.8, 4) is 5.88 Å². The predicted molar refractivity (Wildman–Crippen MR) is 59.9 cm³/mol. The third kappa shape index (κ3) is 4.22. The molecule has 11 heteroatoms. The molecule has 0 aromatic carbocycles. The second kappa shape index (κ2) is 6.08. The van der Waals surface area contributed by atoms with Gasteiger partial charge in [0.1, 0.15) is 5.56 Å². The fourth-order valence-electron chi connectivity index (χ4n) is 1.42. The van der Waals surface area contributed by atoms with Crippen molar-refractivity contribution in [2.45, 2.75) is 17.9 Å². The Morgan fingerprint density at radius 2 is 1.86 bits per heavy atom. The van der Waals surface area contributed by atoms with E-state index >= 15 is 0 Å². The number of nitrogens with zero attached hydrogens (tertiary/aromatic N) is 1. The first kappa shape index (κ1) is 17.5. The van der Waals surface area contributed by atoms with Gasteiger partial charge in [-0.2, -0.15) is 13.2 Å². The summed E-state index contributed by atoms with van der Waals surface area (Å²) in [6.07, 6.45) is -10.0. The largest absolute Gasteiger partial charge is 0.574 e. The minimum Gasteiger partial charge on any atom is -0.465 e. The number of hydrogen-bond acceptors (Lipinski definition) is 4. The van der Waals surface area contributed by atoms with E-state index in [0.29, 0.717) is 6.20 Å². The van der Waals surface area contributed by atoms with Gasteiger partial charge >= 0.3 is 18.5 Å². The summed E-state index contributed by atoms with van der Waals surface area (Å²) in [6, 6.07) is 0. The molecule has 0 radical (unpaired) electrons. The van der Waals surface area contributed by atoms with E-state index in [0.717, 1.165) is 7.11 Å². The molecule has 1 rings (SSSR count). The lowest BCUT2D eigenvalue weighted by Crippen LogP contribution is -2.24. The Hall–Kier alpha value is -1.52. The number of pyridine rings is 1. The molecule has 0 aliphatic rings. The van der Waals surface area contributed by atoms with E-state index in [-0.39, 0.29) is 10.9 Å². The molecule has 0 amide bonds. The number of aromatic nitrogens is 1. The lowest BCUT2D eigenvalue weighted by atomic mass is 10.0. The van der Waals surface area contributed by atoms with Crippen molar-refractivity contribution < 1.29 is 40.6 Å². The van der Waals surface area contributed by atoms with Crippen LogP contribution in [0, 0.1) is 0 Å². The van der Waals surface area contributed by atoms with Crippen LogP contribution in [0.5, 0.6) is 5.88 Å². The molecule has 0 spiro atoms. The number of rotatable bonds is 3. The van der Waals surface area contributed by atoms with Gasteiger partial charge in [0.2, 0.25) is 5.88 Å². The third-order valence-electron chi connectivity index (χ3n) is 2.15. The quantitative estimate of drug-likeness (QED) is 0.455. The van der Waals surface area contributed by atoms with Crippen molar-refractivity contribution >= 4 is 21.9 Å². The predicted octanol–water partition coefficient (Wildman–Crippen LogP) is 3.68. The van der Waals surface area contributed by atoms with E-state index < -0.39 is 35.5 Å². The summed E-state index contributed by atoms with van der Waals surface area (Å²) < 4.78 is 82.8. The lowest BCUT2D eigenvalue weighted by molar-refractivity contribution is -0.277. The normalized spacial score (nSPS) is 12.2. The fraction of sp³-hybridized carbons (Fsp3) is 0.400. The number of alkyl halides is 7. The van der Waals surface area contributed by atoms with Crippen molar-refractivity contribution in [3.05, 3.63) is 22.9 Å². The molecule has 0 saturated heterocycles. The monoisotopic (exact) mass is 381 g/mol. The van der Waals surface area contributed by atoms with Gasteiger partial charge in [-0.15, -0.1) is 13.2 Å². The molecular weight excluding hydrogens is 376 g/mol. The van der Waals surface area contributed by atoms with Gasteiger partial charge in [0.15, 0.2) is 0 Å². The van der Waals surface area contributed by atoms with Crippen molar-refractivity contribution in [3.63, 3.8) is 0 Å². The van der Waals surface area contributed by atoms with E-state index in [2.05, 4.69) is 30.4 Å². The number of carbonyl (C=O) groups excluding carboxylic acids is 1. The standard InChI is InChI=1S/C10H6BrF6NO3/c1-20-8(19)5-4(2-11)3-18-7(21-10(15,16)17)6(5)9(12,13)14/h3H,2H2,1H3. The van der Waals surface area contributed by atoms with Crippen LogP contribution >= 0.6 is 15.9 Å². The zero-order valence-corrected chi connectivity index (χ0v) is 11.7. The van der Waals surface area contributed by atoms with E-state index in [1.54, 1.807) is 0 Å². The van der Waals surface area contributed by atoms with E-state index in [1.807, 2.05) is 0 Å². The topological polar surface area (TPSA) is 48.4 Å². The summed E-state index contributed by atoms with van der Waals surface area (Å²) in [5.74, 6) is -3.22. The lowest BCUT2D eigenvalue weighted by Gasteiger charge is -2.18. The van der Waals surface area contributed by atoms with Crippen molar-refractivity contribution in [1.82, 2.24) is 4.98 Å². The van der Waals surface area contributed by atoms with Crippen LogP contribution in [0.3, 0.4) is 0 Å². The maximum Gasteiger partial charge on any atom is 0.574 e. The van der Waals surface area contributed by atoms with Gasteiger partial charge in [0, 0.05) is 11.5 Å². The van der Waals surface area contributed by atoms with Gasteiger partial charge in [-0.05, 0) is 5.56 Å². The number of methoxy groups -OCH3 is 1. The average molecular weight is 382 g/mol. The van der Waals surface area contributed by atoms with Crippen LogP contribution in [-0.2, 0) is 16.2 Å². The molecule has 4 nitrogen and oxygen atoms in total. The Morgan fingerprint density at radius 3 is 2.24 bits per heavy atom. The highest BCUT2D eigenvalue weighted by atomic mass is 79.9. The van der Waals surface area contributed by atoms with E-state index in [9.17, 15) is 31.1 Å². The highest BCUT2D eigenvalue weighted by molar-refractivity contribution is 9.08. The number of esters is 1. The zero-order chi connectivity index (χ0) is 16.4. The first-order valence-corrected chi connectivity index (χ1v) is 6.12. The number of ether oxygens (including phenoxy) is 2. The molecule has 0 N–H and O–H groups in total. The summed E-state index contributed by atoms with van der Waals surface area (Å²) in [4.78, 5) is 14.4. The summed E-state index contributed by atoms with van der Waals surface area (Å²) >= 11 is 2.81. The third-order valence-corrected chi connectivity index (χ3v) is 2.76. The Kier molecular flexibility index (Phi) is 5.07. The first-order valence-electron chi connectivity index (χ1n) is 5.00. The second-order valence-corrected chi connectivity index (χ2v) is 4.07. The van der Waals surface area contributed by atoms with Crippen LogP contribution in [0.15, 0.2) is 6.20 Å². The van der Waals surface area contributed by atoms with Gasteiger partial charge in [-0.3, -0.25) is 0 Å². The number of hydrogen-bond donors (Lipinski definition) is 0. The molecule has 0 saturated carbocycles. The maximum atomic E-state index is 13.0. The fourth-order valence-corrected chi connectivity index (χ4v) is 1.84. The van der Waals surface area contributed by atoms with Gasteiger partial charge < -0.3 is 9.47 Å². The molecule has 1 heterocycles. The SMILES string of the molecule is COC(=O)c1c(CBr)cnc(OC(F)(F)F)c1C(F)(F)F. The smallest absolute Gasteiger partial charge is 0.465 e. The molecular formula is C10H6BrF6NO3. The first-order chi connectivity index (χ1) is 9.51. The number of halogens is 7. The van der Waals surface area contributed by atoms with E-state index in [4.69, 9.17) is 0 Å². The summed E-state index contributed by atoms with van der Waals surface area (Å²) in [5.41, 5.74) is -3.32. The van der Waals surface area contributed by atoms with Crippen LogP contribution in [-0.4, -0.2) is 24.4 Å². The Labute approximate surface area is 122 Å². The molecule has 0 aliphatic heterocycles. The van der Waals surface area contributed by atoms with Gasteiger partial charge in [0.05, 0.1) is 12.7 Å².